The standard InChI is InChI=1S/C26H33N3O3S2.ClH/c1-3-20-5-10-23-24(19-20)34-26(27-23)29(13-4-12-28-14-16-32-17-15-28)25(30)11-18-33-22-8-6-21(31-2)7-9-22;/h5-10,19H,3-4,11-18H2,1-2H3;1H. The fourth-order valence-corrected chi connectivity index (χ4v) is 5.87. The fourth-order valence-electron chi connectivity index (χ4n) is 3.96. The summed E-state index contributed by atoms with van der Waals surface area (Å²) >= 11 is 3.32. The number of morpholine rings is 1. The first kappa shape index (κ1) is 27.7. The number of amides is 1. The van der Waals surface area contributed by atoms with E-state index in [0.29, 0.717) is 13.0 Å². The molecule has 0 bridgehead atoms. The summed E-state index contributed by atoms with van der Waals surface area (Å²) in [7, 11) is 1.67. The maximum Gasteiger partial charge on any atom is 0.229 e. The van der Waals surface area contributed by atoms with Crippen molar-refractivity contribution in [3.8, 4) is 5.75 Å². The molecule has 1 fully saturated rings. The van der Waals surface area contributed by atoms with Crippen LogP contribution in [-0.2, 0) is 16.0 Å². The van der Waals surface area contributed by atoms with Crippen molar-refractivity contribution in [3.05, 3.63) is 48.0 Å². The second-order valence-electron chi connectivity index (χ2n) is 8.28. The van der Waals surface area contributed by atoms with E-state index in [0.717, 1.165) is 77.4 Å². The normalized spacial score (nSPS) is 14.0. The van der Waals surface area contributed by atoms with Crippen LogP contribution in [0.1, 0.15) is 25.3 Å². The second kappa shape index (κ2) is 14.0. The van der Waals surface area contributed by atoms with E-state index < -0.39 is 0 Å². The summed E-state index contributed by atoms with van der Waals surface area (Å²) in [5.74, 6) is 1.71. The van der Waals surface area contributed by atoms with Gasteiger partial charge in [0.1, 0.15) is 5.75 Å². The van der Waals surface area contributed by atoms with Gasteiger partial charge in [0.25, 0.3) is 0 Å². The van der Waals surface area contributed by atoms with Crippen molar-refractivity contribution in [1.82, 2.24) is 9.88 Å². The van der Waals surface area contributed by atoms with Gasteiger partial charge in [-0.05, 0) is 54.8 Å². The molecule has 0 radical (unpaired) electrons. The smallest absolute Gasteiger partial charge is 0.229 e. The van der Waals surface area contributed by atoms with Crippen molar-refractivity contribution in [2.75, 3.05) is 57.2 Å². The van der Waals surface area contributed by atoms with Gasteiger partial charge in [-0.3, -0.25) is 14.6 Å². The molecule has 1 aromatic heterocycles. The van der Waals surface area contributed by atoms with Crippen LogP contribution < -0.4 is 9.64 Å². The lowest BCUT2D eigenvalue weighted by molar-refractivity contribution is -0.118. The Hall–Kier alpha value is -1.84. The van der Waals surface area contributed by atoms with Crippen LogP contribution in [0.4, 0.5) is 5.13 Å². The number of benzene rings is 2. The van der Waals surface area contributed by atoms with E-state index in [1.54, 1.807) is 30.2 Å². The summed E-state index contributed by atoms with van der Waals surface area (Å²) in [6, 6.07) is 14.4. The third-order valence-electron chi connectivity index (χ3n) is 5.99. The van der Waals surface area contributed by atoms with Crippen LogP contribution >= 0.6 is 35.5 Å². The molecule has 190 valence electrons. The van der Waals surface area contributed by atoms with E-state index in [-0.39, 0.29) is 18.3 Å². The van der Waals surface area contributed by atoms with Crippen LogP contribution in [-0.4, -0.2) is 68.0 Å². The number of hydrogen-bond acceptors (Lipinski definition) is 7. The lowest BCUT2D eigenvalue weighted by atomic mass is 10.2. The van der Waals surface area contributed by atoms with Crippen molar-refractivity contribution >= 4 is 56.8 Å². The van der Waals surface area contributed by atoms with Gasteiger partial charge in [-0.15, -0.1) is 24.2 Å². The number of nitrogens with zero attached hydrogens (tertiary/aromatic N) is 3. The number of methoxy groups -OCH3 is 1. The predicted molar refractivity (Wildman–Crippen MR) is 149 cm³/mol. The molecule has 35 heavy (non-hydrogen) atoms. The molecule has 4 rings (SSSR count). The summed E-state index contributed by atoms with van der Waals surface area (Å²) in [4.78, 5) is 23.6. The highest BCUT2D eigenvalue weighted by Gasteiger charge is 2.20. The Bertz CT molecular complexity index is 1070. The minimum absolute atomic E-state index is 0. The quantitative estimate of drug-likeness (QED) is 0.301. The first-order valence-electron chi connectivity index (χ1n) is 11.9. The number of ether oxygens (including phenoxy) is 2. The molecule has 1 amide bonds. The van der Waals surface area contributed by atoms with E-state index in [9.17, 15) is 4.79 Å². The molecule has 0 N–H and O–H groups in total. The molecule has 0 aliphatic carbocycles. The first-order chi connectivity index (χ1) is 16.7. The molecule has 0 spiro atoms. The molecule has 1 saturated heterocycles. The molecule has 9 heteroatoms. The van der Waals surface area contributed by atoms with Crippen molar-refractivity contribution in [2.24, 2.45) is 0 Å². The molecule has 6 nitrogen and oxygen atoms in total. The minimum atomic E-state index is 0. The highest BCUT2D eigenvalue weighted by Crippen LogP contribution is 2.31. The molecular weight excluding hydrogens is 502 g/mol. The summed E-state index contributed by atoms with van der Waals surface area (Å²) in [5, 5.41) is 0.810. The highest BCUT2D eigenvalue weighted by atomic mass is 35.5. The summed E-state index contributed by atoms with van der Waals surface area (Å²) < 4.78 is 11.8. The minimum Gasteiger partial charge on any atom is -0.497 e. The van der Waals surface area contributed by atoms with Crippen molar-refractivity contribution in [2.45, 2.75) is 31.1 Å². The van der Waals surface area contributed by atoms with Gasteiger partial charge >= 0.3 is 0 Å². The third-order valence-corrected chi connectivity index (χ3v) is 8.04. The van der Waals surface area contributed by atoms with Gasteiger partial charge in [-0.1, -0.05) is 24.3 Å². The lowest BCUT2D eigenvalue weighted by Crippen LogP contribution is -2.39. The van der Waals surface area contributed by atoms with Crippen LogP contribution in [0, 0.1) is 0 Å². The van der Waals surface area contributed by atoms with E-state index in [2.05, 4.69) is 30.0 Å². The molecule has 0 saturated carbocycles. The SMILES string of the molecule is CCc1ccc2nc(N(CCCN3CCOCC3)C(=O)CCSc3ccc(OC)cc3)sc2c1.Cl. The maximum atomic E-state index is 13.3. The van der Waals surface area contributed by atoms with Gasteiger partial charge in [0.05, 0.1) is 30.5 Å². The monoisotopic (exact) mass is 535 g/mol. The number of rotatable bonds is 11. The number of thiazole rings is 1. The Balaban J connectivity index is 0.00000342. The van der Waals surface area contributed by atoms with Crippen LogP contribution in [0.5, 0.6) is 5.75 Å². The number of anilines is 1. The Labute approximate surface area is 222 Å². The number of hydrogen-bond donors (Lipinski definition) is 0. The third kappa shape index (κ3) is 7.82. The van der Waals surface area contributed by atoms with Gasteiger partial charge in [0, 0.05) is 43.2 Å². The van der Waals surface area contributed by atoms with E-state index >= 15 is 0 Å². The largest absolute Gasteiger partial charge is 0.497 e. The lowest BCUT2D eigenvalue weighted by Gasteiger charge is -2.27. The predicted octanol–water partition coefficient (Wildman–Crippen LogP) is 5.53. The molecule has 2 aromatic carbocycles. The Morgan fingerprint density at radius 3 is 2.69 bits per heavy atom. The zero-order valence-electron chi connectivity index (χ0n) is 20.4. The Morgan fingerprint density at radius 1 is 1.20 bits per heavy atom. The number of aromatic nitrogens is 1. The number of halogens is 1. The summed E-state index contributed by atoms with van der Waals surface area (Å²) in [6.07, 6.45) is 2.39. The van der Waals surface area contributed by atoms with Gasteiger partial charge in [-0.2, -0.15) is 0 Å². The van der Waals surface area contributed by atoms with E-state index in [4.69, 9.17) is 14.5 Å². The van der Waals surface area contributed by atoms with Crippen LogP contribution in [0.2, 0.25) is 0 Å². The number of thioether (sulfide) groups is 1. The van der Waals surface area contributed by atoms with E-state index in [1.807, 2.05) is 29.2 Å². The Morgan fingerprint density at radius 2 is 1.97 bits per heavy atom. The maximum absolute atomic E-state index is 13.3. The second-order valence-corrected chi connectivity index (χ2v) is 10.5. The van der Waals surface area contributed by atoms with Crippen LogP contribution in [0.3, 0.4) is 0 Å². The molecule has 2 heterocycles. The molecule has 0 atom stereocenters. The summed E-state index contributed by atoms with van der Waals surface area (Å²) in [6.45, 7) is 7.33. The van der Waals surface area contributed by atoms with E-state index in [1.165, 1.54) is 5.56 Å². The number of fused-ring (bicyclic) bond motifs is 1. The fraction of sp³-hybridized carbons (Fsp3) is 0.462. The number of carbonyl (C=O) groups excluding carboxylic acids is 1. The zero-order chi connectivity index (χ0) is 23.8. The molecule has 1 aliphatic rings. The average Bonchev–Trinajstić information content (AvgIpc) is 3.30. The van der Waals surface area contributed by atoms with Crippen LogP contribution in [0.15, 0.2) is 47.4 Å². The topological polar surface area (TPSA) is 54.9 Å². The number of carbonyl (C=O) groups is 1. The molecular formula is C26H34ClN3O3S2. The zero-order valence-corrected chi connectivity index (χ0v) is 22.9. The van der Waals surface area contributed by atoms with Gasteiger partial charge in [0.15, 0.2) is 5.13 Å². The van der Waals surface area contributed by atoms with Gasteiger partial charge < -0.3 is 9.47 Å². The molecule has 0 unspecified atom stereocenters. The van der Waals surface area contributed by atoms with Crippen molar-refractivity contribution in [3.63, 3.8) is 0 Å². The first-order valence-corrected chi connectivity index (χ1v) is 13.7. The van der Waals surface area contributed by atoms with Crippen LogP contribution in [0.25, 0.3) is 10.2 Å². The highest BCUT2D eigenvalue weighted by molar-refractivity contribution is 7.99. The molecule has 3 aromatic rings. The number of aryl methyl sites for hydroxylation is 1. The van der Waals surface area contributed by atoms with Crippen molar-refractivity contribution in [1.29, 1.82) is 0 Å². The molecule has 1 aliphatic heterocycles. The Kier molecular flexibility index (Phi) is 11.1. The average molecular weight is 536 g/mol. The van der Waals surface area contributed by atoms with Gasteiger partial charge in [0.2, 0.25) is 5.91 Å². The summed E-state index contributed by atoms with van der Waals surface area (Å²) in [5.41, 5.74) is 2.26. The van der Waals surface area contributed by atoms with Gasteiger partial charge in [-0.25, -0.2) is 4.98 Å². The van der Waals surface area contributed by atoms with Crippen molar-refractivity contribution < 1.29 is 14.3 Å².